The summed E-state index contributed by atoms with van der Waals surface area (Å²) in [5, 5.41) is 11.8. The van der Waals surface area contributed by atoms with Crippen molar-refractivity contribution in [3.63, 3.8) is 0 Å². The maximum atomic E-state index is 12.8. The SMILES string of the molecule is CN1CCN(C(=O)c2ccc(N3CCN(c4ccccn4)CC3)c([N+](=O)[O-])c2)CC1. The summed E-state index contributed by atoms with van der Waals surface area (Å²) in [6.07, 6.45) is 1.77. The highest BCUT2D eigenvalue weighted by Crippen LogP contribution is 2.31. The molecular weight excluding hydrogens is 384 g/mol. The maximum absolute atomic E-state index is 12.8. The van der Waals surface area contributed by atoms with Gasteiger partial charge < -0.3 is 19.6 Å². The normalized spacial score (nSPS) is 17.8. The second kappa shape index (κ2) is 8.66. The van der Waals surface area contributed by atoms with E-state index in [9.17, 15) is 14.9 Å². The van der Waals surface area contributed by atoms with Crippen LogP contribution >= 0.6 is 0 Å². The summed E-state index contributed by atoms with van der Waals surface area (Å²) in [5.41, 5.74) is 0.930. The van der Waals surface area contributed by atoms with E-state index in [0.29, 0.717) is 37.4 Å². The molecule has 0 bridgehead atoms. The van der Waals surface area contributed by atoms with Gasteiger partial charge in [-0.15, -0.1) is 0 Å². The van der Waals surface area contributed by atoms with E-state index in [1.54, 1.807) is 23.2 Å². The van der Waals surface area contributed by atoms with Gasteiger partial charge in [-0.2, -0.15) is 0 Å². The Hall–Kier alpha value is -3.20. The molecule has 2 aliphatic heterocycles. The Kier molecular flexibility index (Phi) is 5.80. The minimum Gasteiger partial charge on any atom is -0.362 e. The van der Waals surface area contributed by atoms with Crippen molar-refractivity contribution in [3.05, 3.63) is 58.3 Å². The van der Waals surface area contributed by atoms with Crippen LogP contribution in [0.15, 0.2) is 42.6 Å². The average Bonchev–Trinajstić information content (AvgIpc) is 2.79. The van der Waals surface area contributed by atoms with Crippen LogP contribution in [0, 0.1) is 10.1 Å². The Labute approximate surface area is 175 Å². The van der Waals surface area contributed by atoms with Crippen LogP contribution in [0.1, 0.15) is 10.4 Å². The number of hydrogen-bond donors (Lipinski definition) is 0. The van der Waals surface area contributed by atoms with Gasteiger partial charge in [0.2, 0.25) is 0 Å². The maximum Gasteiger partial charge on any atom is 0.293 e. The van der Waals surface area contributed by atoms with Crippen LogP contribution in [0.2, 0.25) is 0 Å². The Morgan fingerprint density at radius 3 is 2.30 bits per heavy atom. The molecule has 0 spiro atoms. The molecule has 2 aromatic rings. The molecule has 0 N–H and O–H groups in total. The van der Waals surface area contributed by atoms with E-state index >= 15 is 0 Å². The quantitative estimate of drug-likeness (QED) is 0.560. The third kappa shape index (κ3) is 4.20. The third-order valence-electron chi connectivity index (χ3n) is 5.80. The molecular formula is C21H26N6O3. The zero-order valence-electron chi connectivity index (χ0n) is 17.1. The summed E-state index contributed by atoms with van der Waals surface area (Å²) in [6.45, 7) is 5.68. The predicted octanol–water partition coefficient (Wildman–Crippen LogP) is 1.70. The Morgan fingerprint density at radius 1 is 0.967 bits per heavy atom. The summed E-state index contributed by atoms with van der Waals surface area (Å²) in [4.78, 5) is 36.7. The van der Waals surface area contributed by atoms with Gasteiger partial charge in [0, 0.05) is 70.2 Å². The molecule has 9 heteroatoms. The van der Waals surface area contributed by atoms with Crippen molar-refractivity contribution >= 4 is 23.1 Å². The second-order valence-corrected chi connectivity index (χ2v) is 7.72. The summed E-state index contributed by atoms with van der Waals surface area (Å²) < 4.78 is 0. The lowest BCUT2D eigenvalue weighted by molar-refractivity contribution is -0.384. The van der Waals surface area contributed by atoms with E-state index in [0.717, 1.165) is 32.0 Å². The monoisotopic (exact) mass is 410 g/mol. The van der Waals surface area contributed by atoms with Gasteiger partial charge in [0.05, 0.1) is 4.92 Å². The summed E-state index contributed by atoms with van der Waals surface area (Å²) >= 11 is 0. The molecule has 0 radical (unpaired) electrons. The van der Waals surface area contributed by atoms with Crippen molar-refractivity contribution in [1.29, 1.82) is 0 Å². The lowest BCUT2D eigenvalue weighted by Gasteiger charge is -2.36. The molecule has 3 heterocycles. The molecule has 0 unspecified atom stereocenters. The largest absolute Gasteiger partial charge is 0.362 e. The highest BCUT2D eigenvalue weighted by atomic mass is 16.6. The zero-order valence-corrected chi connectivity index (χ0v) is 17.1. The molecule has 1 amide bonds. The third-order valence-corrected chi connectivity index (χ3v) is 5.80. The van der Waals surface area contributed by atoms with Crippen molar-refractivity contribution in [2.45, 2.75) is 0 Å². The molecule has 9 nitrogen and oxygen atoms in total. The van der Waals surface area contributed by atoms with Crippen molar-refractivity contribution in [2.75, 3.05) is 69.2 Å². The topological polar surface area (TPSA) is 86.1 Å². The van der Waals surface area contributed by atoms with Crippen LogP contribution in [0.4, 0.5) is 17.2 Å². The predicted molar refractivity (Wildman–Crippen MR) is 115 cm³/mol. The van der Waals surface area contributed by atoms with Crippen LogP contribution in [-0.2, 0) is 0 Å². The minimum absolute atomic E-state index is 0.0127. The summed E-state index contributed by atoms with van der Waals surface area (Å²) in [5.74, 6) is 0.775. The van der Waals surface area contributed by atoms with Gasteiger partial charge in [-0.3, -0.25) is 14.9 Å². The number of anilines is 2. The average molecular weight is 410 g/mol. The van der Waals surface area contributed by atoms with E-state index in [4.69, 9.17) is 0 Å². The van der Waals surface area contributed by atoms with E-state index in [1.807, 2.05) is 30.1 Å². The first-order valence-corrected chi connectivity index (χ1v) is 10.2. The first kappa shape index (κ1) is 20.1. The number of nitrogens with zero attached hydrogens (tertiary/aromatic N) is 6. The van der Waals surface area contributed by atoms with E-state index < -0.39 is 0 Å². The molecule has 2 aliphatic rings. The van der Waals surface area contributed by atoms with Crippen LogP contribution in [0.5, 0.6) is 0 Å². The zero-order chi connectivity index (χ0) is 21.1. The molecule has 158 valence electrons. The number of likely N-dealkylation sites (N-methyl/N-ethyl adjacent to an activating group) is 1. The number of amides is 1. The minimum atomic E-state index is -0.388. The molecule has 1 aromatic heterocycles. The first-order valence-electron chi connectivity index (χ1n) is 10.2. The van der Waals surface area contributed by atoms with Crippen LogP contribution in [-0.4, -0.2) is 85.0 Å². The second-order valence-electron chi connectivity index (χ2n) is 7.72. The smallest absolute Gasteiger partial charge is 0.293 e. The fourth-order valence-electron chi connectivity index (χ4n) is 3.98. The van der Waals surface area contributed by atoms with Crippen molar-refractivity contribution in [2.24, 2.45) is 0 Å². The van der Waals surface area contributed by atoms with Gasteiger partial charge in [-0.25, -0.2) is 4.98 Å². The molecule has 0 aliphatic carbocycles. The lowest BCUT2D eigenvalue weighted by atomic mass is 10.1. The number of pyridine rings is 1. The molecule has 0 saturated carbocycles. The van der Waals surface area contributed by atoms with Gasteiger partial charge in [0.1, 0.15) is 11.5 Å². The molecule has 1 aromatic carbocycles. The number of hydrogen-bond acceptors (Lipinski definition) is 7. The molecule has 2 saturated heterocycles. The number of carbonyl (C=O) groups excluding carboxylic acids is 1. The Bertz CT molecular complexity index is 906. The number of benzene rings is 1. The van der Waals surface area contributed by atoms with Crippen molar-refractivity contribution in [3.8, 4) is 0 Å². The molecule has 4 rings (SSSR count). The standard InChI is InChI=1S/C21H26N6O3/c1-23-8-10-26(11-9-23)21(28)17-5-6-18(19(16-17)27(29)30)24-12-14-25(15-13-24)20-4-2-3-7-22-20/h2-7,16H,8-15H2,1H3. The summed E-state index contributed by atoms with van der Waals surface area (Å²) in [7, 11) is 2.02. The van der Waals surface area contributed by atoms with Gasteiger partial charge in [-0.05, 0) is 31.3 Å². The van der Waals surface area contributed by atoms with E-state index in [2.05, 4.69) is 14.8 Å². The van der Waals surface area contributed by atoms with Crippen LogP contribution in [0.25, 0.3) is 0 Å². The number of carbonyl (C=O) groups is 1. The highest BCUT2D eigenvalue weighted by molar-refractivity contribution is 5.96. The number of rotatable bonds is 4. The van der Waals surface area contributed by atoms with Gasteiger partial charge in [-0.1, -0.05) is 6.07 Å². The van der Waals surface area contributed by atoms with E-state index in [-0.39, 0.29) is 16.5 Å². The Balaban J connectivity index is 1.49. The fraction of sp³-hybridized carbons (Fsp3) is 0.429. The van der Waals surface area contributed by atoms with Gasteiger partial charge in [0.15, 0.2) is 0 Å². The highest BCUT2D eigenvalue weighted by Gasteiger charge is 2.27. The van der Waals surface area contributed by atoms with Crippen molar-refractivity contribution in [1.82, 2.24) is 14.8 Å². The first-order chi connectivity index (χ1) is 14.5. The number of aromatic nitrogens is 1. The number of piperazine rings is 2. The van der Waals surface area contributed by atoms with E-state index in [1.165, 1.54) is 6.07 Å². The molecule has 30 heavy (non-hydrogen) atoms. The molecule has 0 atom stereocenters. The van der Waals surface area contributed by atoms with Crippen LogP contribution in [0.3, 0.4) is 0 Å². The summed E-state index contributed by atoms with van der Waals surface area (Å²) in [6, 6.07) is 10.7. The molecule has 2 fully saturated rings. The lowest BCUT2D eigenvalue weighted by Crippen LogP contribution is -2.47. The van der Waals surface area contributed by atoms with Crippen LogP contribution < -0.4 is 9.80 Å². The number of nitro groups is 1. The van der Waals surface area contributed by atoms with Gasteiger partial charge >= 0.3 is 0 Å². The van der Waals surface area contributed by atoms with Crippen molar-refractivity contribution < 1.29 is 9.72 Å². The fourth-order valence-corrected chi connectivity index (χ4v) is 3.98. The van der Waals surface area contributed by atoms with Gasteiger partial charge in [0.25, 0.3) is 11.6 Å². The Morgan fingerprint density at radius 2 is 1.67 bits per heavy atom. The number of nitro benzene ring substituents is 1.